The van der Waals surface area contributed by atoms with E-state index in [0.717, 1.165) is 0 Å². The molecule has 0 spiro atoms. The molecule has 1 unspecified atom stereocenters. The second-order valence-corrected chi connectivity index (χ2v) is 6.53. The summed E-state index contributed by atoms with van der Waals surface area (Å²) in [7, 11) is 0. The topological polar surface area (TPSA) is 0 Å². The molecule has 0 radical (unpaired) electrons. The quantitative estimate of drug-likeness (QED) is 0.567. The van der Waals surface area contributed by atoms with Gasteiger partial charge in [-0.1, -0.05) is 62.7 Å². The van der Waals surface area contributed by atoms with Crippen LogP contribution < -0.4 is 0 Å². The van der Waals surface area contributed by atoms with Crippen molar-refractivity contribution in [2.75, 3.05) is 0 Å². The first-order chi connectivity index (χ1) is 10.4. The zero-order chi connectivity index (χ0) is 16.3. The second-order valence-electron chi connectivity index (χ2n) is 6.09. The molecule has 22 heavy (non-hydrogen) atoms. The molecule has 0 bridgehead atoms. The Labute approximate surface area is 136 Å². The van der Waals surface area contributed by atoms with Crippen molar-refractivity contribution in [3.05, 3.63) is 70.0 Å². The molecule has 0 amide bonds. The van der Waals surface area contributed by atoms with Crippen LogP contribution in [-0.2, 0) is 0 Å². The van der Waals surface area contributed by atoms with Crippen LogP contribution in [0.3, 0.4) is 0 Å². The fourth-order valence-corrected chi connectivity index (χ4v) is 2.72. The van der Waals surface area contributed by atoms with E-state index in [4.69, 9.17) is 11.6 Å². The van der Waals surface area contributed by atoms with Crippen molar-refractivity contribution in [1.82, 2.24) is 0 Å². The molecular formula is C19H21ClF2. The lowest BCUT2D eigenvalue weighted by molar-refractivity contribution is 0.305. The summed E-state index contributed by atoms with van der Waals surface area (Å²) in [6.07, 6.45) is -0.856. The van der Waals surface area contributed by atoms with Gasteiger partial charge in [-0.2, -0.15) is 0 Å². The Hall–Kier alpha value is -1.41. The fraction of sp³-hybridized carbons (Fsp3) is 0.368. The summed E-state index contributed by atoms with van der Waals surface area (Å²) in [5.74, 6) is -0.159. The van der Waals surface area contributed by atoms with E-state index in [1.807, 2.05) is 31.2 Å². The summed E-state index contributed by atoms with van der Waals surface area (Å²) in [5.41, 5.74) is 2.34. The lowest BCUT2D eigenvalue weighted by Crippen LogP contribution is -2.03. The summed E-state index contributed by atoms with van der Waals surface area (Å²) >= 11 is 5.75. The van der Waals surface area contributed by atoms with Gasteiger partial charge in [0, 0.05) is 5.02 Å². The Kier molecular flexibility index (Phi) is 5.57. The lowest BCUT2D eigenvalue weighted by atomic mass is 9.91. The maximum atomic E-state index is 14.5. The number of hydrogen-bond donors (Lipinski definition) is 0. The summed E-state index contributed by atoms with van der Waals surface area (Å²) in [5, 5.41) is 0.356. The molecule has 0 aromatic heterocycles. The standard InChI is InChI=1S/C19H21ClF2/c1-12(2)14-4-6-15(7-5-14)18(21)10-13(3)17-9-8-16(20)11-19(17)22/h4-9,11-13,18H,10H2,1-3H3/t13-,18?/m0/s1. The first kappa shape index (κ1) is 17.0. The van der Waals surface area contributed by atoms with Gasteiger partial charge in [0.25, 0.3) is 0 Å². The molecule has 0 aliphatic carbocycles. The summed E-state index contributed by atoms with van der Waals surface area (Å²) in [6.45, 7) is 6.04. The Morgan fingerprint density at radius 2 is 1.55 bits per heavy atom. The SMILES string of the molecule is CC(C)c1ccc(C(F)C[C@H](C)c2ccc(Cl)cc2F)cc1. The average molecular weight is 323 g/mol. The minimum absolute atomic E-state index is 0.211. The minimum Gasteiger partial charge on any atom is -0.242 e. The summed E-state index contributed by atoms with van der Waals surface area (Å²) in [4.78, 5) is 0. The number of benzene rings is 2. The van der Waals surface area contributed by atoms with Gasteiger partial charge in [-0.3, -0.25) is 0 Å². The highest BCUT2D eigenvalue weighted by Gasteiger charge is 2.18. The zero-order valence-electron chi connectivity index (χ0n) is 13.1. The molecule has 2 atom stereocenters. The van der Waals surface area contributed by atoms with Crippen molar-refractivity contribution in [3.63, 3.8) is 0 Å². The molecule has 0 aliphatic heterocycles. The molecule has 2 aromatic rings. The fourth-order valence-electron chi connectivity index (χ4n) is 2.56. The monoisotopic (exact) mass is 322 g/mol. The van der Waals surface area contributed by atoms with Crippen LogP contribution in [0.2, 0.25) is 5.02 Å². The van der Waals surface area contributed by atoms with Gasteiger partial charge >= 0.3 is 0 Å². The van der Waals surface area contributed by atoms with Crippen molar-refractivity contribution in [2.24, 2.45) is 0 Å². The Morgan fingerprint density at radius 3 is 2.09 bits per heavy atom. The molecule has 0 N–H and O–H groups in total. The van der Waals surface area contributed by atoms with Gasteiger partial charge in [-0.05, 0) is 47.1 Å². The van der Waals surface area contributed by atoms with E-state index in [1.165, 1.54) is 11.6 Å². The molecule has 0 aliphatic rings. The minimum atomic E-state index is -1.11. The van der Waals surface area contributed by atoms with Crippen LogP contribution >= 0.6 is 11.6 Å². The van der Waals surface area contributed by atoms with Gasteiger partial charge in [0.15, 0.2) is 0 Å². The summed E-state index contributed by atoms with van der Waals surface area (Å²) < 4.78 is 28.4. The van der Waals surface area contributed by atoms with Gasteiger partial charge < -0.3 is 0 Å². The van der Waals surface area contributed by atoms with Crippen molar-refractivity contribution < 1.29 is 8.78 Å². The zero-order valence-corrected chi connectivity index (χ0v) is 13.9. The van der Waals surface area contributed by atoms with E-state index in [0.29, 0.717) is 22.1 Å². The first-order valence-corrected chi connectivity index (χ1v) is 7.95. The van der Waals surface area contributed by atoms with E-state index in [-0.39, 0.29) is 18.2 Å². The molecule has 0 fully saturated rings. The number of hydrogen-bond acceptors (Lipinski definition) is 0. The Balaban J connectivity index is 2.08. The molecule has 2 aromatic carbocycles. The largest absolute Gasteiger partial charge is 0.242 e. The van der Waals surface area contributed by atoms with Gasteiger partial charge in [0.05, 0.1) is 0 Å². The Bertz CT molecular complexity index is 620. The van der Waals surface area contributed by atoms with Crippen LogP contribution in [0.15, 0.2) is 42.5 Å². The third-order valence-corrected chi connectivity index (χ3v) is 4.25. The average Bonchev–Trinajstić information content (AvgIpc) is 2.47. The van der Waals surface area contributed by atoms with Crippen LogP contribution in [-0.4, -0.2) is 0 Å². The van der Waals surface area contributed by atoms with Crippen LogP contribution in [0.5, 0.6) is 0 Å². The highest BCUT2D eigenvalue weighted by molar-refractivity contribution is 6.30. The van der Waals surface area contributed by atoms with E-state index < -0.39 is 6.17 Å². The number of alkyl halides is 1. The number of halogens is 3. The van der Waals surface area contributed by atoms with Crippen molar-refractivity contribution in [3.8, 4) is 0 Å². The van der Waals surface area contributed by atoms with Crippen LogP contribution in [0.4, 0.5) is 8.78 Å². The maximum absolute atomic E-state index is 14.5. The molecule has 0 saturated carbocycles. The highest BCUT2D eigenvalue weighted by atomic mass is 35.5. The van der Waals surface area contributed by atoms with Gasteiger partial charge in [-0.15, -0.1) is 0 Å². The van der Waals surface area contributed by atoms with Crippen LogP contribution in [0.25, 0.3) is 0 Å². The molecule has 3 heteroatoms. The van der Waals surface area contributed by atoms with Crippen molar-refractivity contribution in [1.29, 1.82) is 0 Å². The molecule has 118 valence electrons. The van der Waals surface area contributed by atoms with Crippen LogP contribution in [0.1, 0.15) is 61.9 Å². The van der Waals surface area contributed by atoms with Crippen molar-refractivity contribution >= 4 is 11.6 Å². The van der Waals surface area contributed by atoms with E-state index in [9.17, 15) is 8.78 Å². The van der Waals surface area contributed by atoms with E-state index >= 15 is 0 Å². The predicted octanol–water partition coefficient (Wildman–Crippen LogP) is 6.81. The first-order valence-electron chi connectivity index (χ1n) is 7.57. The molecule has 0 nitrogen and oxygen atoms in total. The van der Waals surface area contributed by atoms with Crippen molar-refractivity contribution in [2.45, 2.75) is 45.2 Å². The third kappa shape index (κ3) is 4.07. The van der Waals surface area contributed by atoms with Gasteiger partial charge in [0.2, 0.25) is 0 Å². The highest BCUT2D eigenvalue weighted by Crippen LogP contribution is 2.33. The maximum Gasteiger partial charge on any atom is 0.128 e. The summed E-state index contributed by atoms with van der Waals surface area (Å²) in [6, 6.07) is 12.1. The smallest absolute Gasteiger partial charge is 0.128 e. The van der Waals surface area contributed by atoms with E-state index in [2.05, 4.69) is 13.8 Å². The molecule has 0 heterocycles. The van der Waals surface area contributed by atoms with E-state index in [1.54, 1.807) is 12.1 Å². The van der Waals surface area contributed by atoms with Gasteiger partial charge in [-0.25, -0.2) is 8.78 Å². The molecule has 0 saturated heterocycles. The van der Waals surface area contributed by atoms with Gasteiger partial charge in [0.1, 0.15) is 12.0 Å². The van der Waals surface area contributed by atoms with Crippen LogP contribution in [0, 0.1) is 5.82 Å². The molecule has 2 rings (SSSR count). The number of rotatable bonds is 5. The molecular weight excluding hydrogens is 302 g/mol. The Morgan fingerprint density at radius 1 is 0.955 bits per heavy atom. The lowest BCUT2D eigenvalue weighted by Gasteiger charge is -2.17. The normalized spacial score (nSPS) is 14.1. The predicted molar refractivity (Wildman–Crippen MR) is 88.8 cm³/mol. The third-order valence-electron chi connectivity index (χ3n) is 4.02. The second kappa shape index (κ2) is 7.23.